The second-order valence-electron chi connectivity index (χ2n) is 7.02. The predicted molar refractivity (Wildman–Crippen MR) is 110 cm³/mol. The first-order valence-corrected chi connectivity index (χ1v) is 10.1. The summed E-state index contributed by atoms with van der Waals surface area (Å²) in [6.07, 6.45) is 6.75. The van der Waals surface area contributed by atoms with Gasteiger partial charge in [-0.25, -0.2) is 0 Å². The number of fused-ring (bicyclic) bond motifs is 1. The summed E-state index contributed by atoms with van der Waals surface area (Å²) < 4.78 is 2.32. The minimum Gasteiger partial charge on any atom is -0.356 e. The van der Waals surface area contributed by atoms with Crippen molar-refractivity contribution >= 4 is 17.6 Å². The fourth-order valence-electron chi connectivity index (χ4n) is 3.52. The van der Waals surface area contributed by atoms with E-state index in [9.17, 15) is 0 Å². The van der Waals surface area contributed by atoms with Gasteiger partial charge in [-0.15, -0.1) is 10.2 Å². The number of hydrogen-bond acceptors (Lipinski definition) is 3. The highest BCUT2D eigenvalue weighted by Crippen LogP contribution is 2.17. The van der Waals surface area contributed by atoms with Crippen LogP contribution in [0.15, 0.2) is 29.3 Å². The van der Waals surface area contributed by atoms with Gasteiger partial charge in [0, 0.05) is 51.6 Å². The molecule has 1 aromatic carbocycles. The monoisotopic (exact) mass is 388 g/mol. The van der Waals surface area contributed by atoms with Gasteiger partial charge in [-0.2, -0.15) is 0 Å². The number of nitrogens with zero attached hydrogens (tertiary/aromatic N) is 5. The number of halogens is 1. The van der Waals surface area contributed by atoms with Gasteiger partial charge in [0.05, 0.1) is 0 Å². The van der Waals surface area contributed by atoms with Crippen molar-refractivity contribution in [2.24, 2.45) is 4.99 Å². The van der Waals surface area contributed by atoms with Gasteiger partial charge in [0.25, 0.3) is 0 Å². The third-order valence-corrected chi connectivity index (χ3v) is 5.35. The highest BCUT2D eigenvalue weighted by molar-refractivity contribution is 6.31. The molecule has 1 aliphatic heterocycles. The SMILES string of the molecule is CN=C(NCCCc1nnc2n1CCCCC2)N(C)Cc1ccccc1Cl. The van der Waals surface area contributed by atoms with Crippen LogP contribution < -0.4 is 5.32 Å². The van der Waals surface area contributed by atoms with Gasteiger partial charge in [0.2, 0.25) is 0 Å². The molecule has 0 bridgehead atoms. The Hall–Kier alpha value is -2.08. The maximum atomic E-state index is 6.27. The maximum absolute atomic E-state index is 6.27. The van der Waals surface area contributed by atoms with Gasteiger partial charge < -0.3 is 14.8 Å². The average Bonchev–Trinajstić information content (AvgIpc) is 2.90. The minimum absolute atomic E-state index is 0.719. The topological polar surface area (TPSA) is 58.3 Å². The summed E-state index contributed by atoms with van der Waals surface area (Å²) in [5, 5.41) is 13.0. The lowest BCUT2D eigenvalue weighted by Gasteiger charge is -2.22. The van der Waals surface area contributed by atoms with Crippen LogP contribution in [0, 0.1) is 0 Å². The highest BCUT2D eigenvalue weighted by atomic mass is 35.5. The fourth-order valence-corrected chi connectivity index (χ4v) is 3.71. The Morgan fingerprint density at radius 2 is 2.11 bits per heavy atom. The Labute approximate surface area is 166 Å². The molecule has 0 fully saturated rings. The summed E-state index contributed by atoms with van der Waals surface area (Å²) in [7, 11) is 3.83. The van der Waals surface area contributed by atoms with Crippen LogP contribution in [0.5, 0.6) is 0 Å². The molecular weight excluding hydrogens is 360 g/mol. The quantitative estimate of drug-likeness (QED) is 0.468. The van der Waals surface area contributed by atoms with E-state index >= 15 is 0 Å². The average molecular weight is 389 g/mol. The van der Waals surface area contributed by atoms with Crippen LogP contribution in [0.4, 0.5) is 0 Å². The first kappa shape index (κ1) is 19.7. The van der Waals surface area contributed by atoms with Gasteiger partial charge in [-0.05, 0) is 30.9 Å². The van der Waals surface area contributed by atoms with E-state index in [1.165, 1.54) is 19.3 Å². The second kappa shape index (κ2) is 9.74. The summed E-state index contributed by atoms with van der Waals surface area (Å²) in [6.45, 7) is 2.63. The molecule has 0 unspecified atom stereocenters. The third kappa shape index (κ3) is 5.22. The van der Waals surface area contributed by atoms with Gasteiger partial charge >= 0.3 is 0 Å². The molecule has 7 heteroatoms. The molecule has 3 rings (SSSR count). The predicted octanol–water partition coefficient (Wildman–Crippen LogP) is 3.30. The van der Waals surface area contributed by atoms with E-state index in [0.29, 0.717) is 0 Å². The highest BCUT2D eigenvalue weighted by Gasteiger charge is 2.14. The van der Waals surface area contributed by atoms with E-state index < -0.39 is 0 Å². The number of aromatic nitrogens is 3. The van der Waals surface area contributed by atoms with Crippen molar-refractivity contribution in [3.05, 3.63) is 46.5 Å². The smallest absolute Gasteiger partial charge is 0.193 e. The van der Waals surface area contributed by atoms with Gasteiger partial charge in [-0.1, -0.05) is 36.2 Å². The zero-order valence-corrected chi connectivity index (χ0v) is 17.0. The first-order valence-electron chi connectivity index (χ1n) is 9.75. The lowest BCUT2D eigenvalue weighted by Crippen LogP contribution is -2.39. The molecule has 2 heterocycles. The van der Waals surface area contributed by atoms with Crippen LogP contribution in [0.25, 0.3) is 0 Å². The molecule has 0 aliphatic carbocycles. The van der Waals surface area contributed by atoms with Crippen molar-refractivity contribution < 1.29 is 0 Å². The van der Waals surface area contributed by atoms with E-state index in [2.05, 4.69) is 30.0 Å². The molecule has 27 heavy (non-hydrogen) atoms. The van der Waals surface area contributed by atoms with Crippen molar-refractivity contribution in [2.75, 3.05) is 20.6 Å². The summed E-state index contributed by atoms with van der Waals surface area (Å²) in [4.78, 5) is 6.47. The van der Waals surface area contributed by atoms with Crippen LogP contribution in [-0.2, 0) is 25.9 Å². The largest absolute Gasteiger partial charge is 0.356 e. The maximum Gasteiger partial charge on any atom is 0.193 e. The van der Waals surface area contributed by atoms with E-state index in [-0.39, 0.29) is 0 Å². The number of benzene rings is 1. The van der Waals surface area contributed by atoms with E-state index in [1.807, 2.05) is 38.4 Å². The van der Waals surface area contributed by atoms with Crippen LogP contribution in [0.2, 0.25) is 5.02 Å². The van der Waals surface area contributed by atoms with E-state index in [4.69, 9.17) is 11.6 Å². The Bertz CT molecular complexity index is 770. The van der Waals surface area contributed by atoms with Crippen molar-refractivity contribution in [1.82, 2.24) is 25.0 Å². The second-order valence-corrected chi connectivity index (χ2v) is 7.43. The zero-order valence-electron chi connectivity index (χ0n) is 16.3. The van der Waals surface area contributed by atoms with E-state index in [1.54, 1.807) is 0 Å². The third-order valence-electron chi connectivity index (χ3n) is 4.99. The molecule has 0 amide bonds. The molecule has 0 saturated heterocycles. The Morgan fingerprint density at radius 3 is 2.93 bits per heavy atom. The Kier molecular flexibility index (Phi) is 7.10. The Balaban J connectivity index is 1.47. The lowest BCUT2D eigenvalue weighted by atomic mass is 10.2. The standard InChI is InChI=1S/C20H29ClN6/c1-22-20(26(2)15-16-9-5-6-10-17(16)21)23-13-8-12-19-25-24-18-11-4-3-7-14-27(18)19/h5-6,9-10H,3-4,7-8,11-15H2,1-2H3,(H,22,23). The summed E-state index contributed by atoms with van der Waals surface area (Å²) in [6, 6.07) is 7.92. The molecule has 0 spiro atoms. The number of rotatable bonds is 6. The molecule has 0 saturated carbocycles. The zero-order chi connectivity index (χ0) is 19.1. The van der Waals surface area contributed by atoms with Crippen molar-refractivity contribution in [3.63, 3.8) is 0 Å². The molecule has 146 valence electrons. The lowest BCUT2D eigenvalue weighted by molar-refractivity contribution is 0.475. The molecule has 0 radical (unpaired) electrons. The van der Waals surface area contributed by atoms with Crippen molar-refractivity contribution in [2.45, 2.75) is 51.6 Å². The van der Waals surface area contributed by atoms with Crippen LogP contribution >= 0.6 is 11.6 Å². The molecule has 0 atom stereocenters. The Morgan fingerprint density at radius 1 is 1.26 bits per heavy atom. The van der Waals surface area contributed by atoms with Crippen molar-refractivity contribution in [3.8, 4) is 0 Å². The molecule has 2 aromatic rings. The van der Waals surface area contributed by atoms with Gasteiger partial charge in [-0.3, -0.25) is 4.99 Å². The number of aryl methyl sites for hydroxylation is 2. The number of guanidine groups is 1. The van der Waals surface area contributed by atoms with Crippen LogP contribution in [-0.4, -0.2) is 46.3 Å². The summed E-state index contributed by atoms with van der Waals surface area (Å²) in [5.74, 6) is 3.15. The molecule has 1 aliphatic rings. The minimum atomic E-state index is 0.719. The van der Waals surface area contributed by atoms with Gasteiger partial charge in [0.1, 0.15) is 11.6 Å². The van der Waals surface area contributed by atoms with Gasteiger partial charge in [0.15, 0.2) is 5.96 Å². The van der Waals surface area contributed by atoms with Crippen molar-refractivity contribution in [1.29, 1.82) is 0 Å². The number of nitrogens with one attached hydrogen (secondary N) is 1. The summed E-state index contributed by atoms with van der Waals surface area (Å²) >= 11 is 6.27. The molecule has 6 nitrogen and oxygen atoms in total. The molecule has 1 N–H and O–H groups in total. The molecular formula is C20H29ClN6. The first-order chi connectivity index (χ1) is 13.2. The fraction of sp³-hybridized carbons (Fsp3) is 0.550. The van der Waals surface area contributed by atoms with Crippen LogP contribution in [0.1, 0.15) is 42.9 Å². The summed E-state index contributed by atoms with van der Waals surface area (Å²) in [5.41, 5.74) is 1.09. The normalized spacial score (nSPS) is 14.6. The number of aliphatic imine (C=N–C) groups is 1. The molecule has 1 aromatic heterocycles. The van der Waals surface area contributed by atoms with Crippen LogP contribution in [0.3, 0.4) is 0 Å². The number of hydrogen-bond donors (Lipinski definition) is 1. The van der Waals surface area contributed by atoms with E-state index in [0.717, 1.165) is 67.1 Å².